The van der Waals surface area contributed by atoms with E-state index in [9.17, 15) is 18.0 Å². The Morgan fingerprint density at radius 2 is 2.19 bits per heavy atom. The van der Waals surface area contributed by atoms with Crippen LogP contribution in [0.25, 0.3) is 0 Å². The number of hydrogen-bond acceptors (Lipinski definition) is 4. The van der Waals surface area contributed by atoms with Gasteiger partial charge in [-0.25, -0.2) is 0 Å². The summed E-state index contributed by atoms with van der Waals surface area (Å²) in [5.41, 5.74) is 0.515. The molecule has 0 aromatic heterocycles. The number of halogens is 3. The van der Waals surface area contributed by atoms with Crippen LogP contribution in [0.5, 0.6) is 5.75 Å². The van der Waals surface area contributed by atoms with Gasteiger partial charge in [-0.1, -0.05) is 18.2 Å². The molecular weight excluding hydrogens is 305 g/mol. The fraction of sp³-hybridized carbons (Fsp3) is 0.462. The Kier molecular flexibility index (Phi) is 5.35. The highest BCUT2D eigenvalue weighted by Crippen LogP contribution is 2.22. The van der Waals surface area contributed by atoms with Gasteiger partial charge in [0.15, 0.2) is 6.61 Å². The number of thioether (sulfide) groups is 1. The van der Waals surface area contributed by atoms with Crippen LogP contribution in [0.4, 0.5) is 13.2 Å². The molecule has 1 aromatic rings. The van der Waals surface area contributed by atoms with E-state index in [1.807, 2.05) is 0 Å². The van der Waals surface area contributed by atoms with Crippen molar-refractivity contribution in [2.45, 2.75) is 18.8 Å². The molecular formula is C13H15F3N2O2S. The number of para-hydroxylation sites is 1. The normalized spacial score (nSPS) is 18.5. The SMILES string of the molecule is O=C(NCc1ccccc1OCC(F)(F)F)C1CSCN1. The third kappa shape index (κ3) is 5.13. The number of nitrogens with one attached hydrogen (secondary N) is 2. The molecule has 1 aliphatic rings. The molecule has 2 N–H and O–H groups in total. The second kappa shape index (κ2) is 7.04. The van der Waals surface area contributed by atoms with Crippen LogP contribution < -0.4 is 15.4 Å². The predicted octanol–water partition coefficient (Wildman–Crippen LogP) is 1.91. The molecule has 0 radical (unpaired) electrons. The van der Waals surface area contributed by atoms with Gasteiger partial charge in [0.05, 0.1) is 6.04 Å². The molecule has 1 saturated heterocycles. The number of ether oxygens (including phenoxy) is 1. The van der Waals surface area contributed by atoms with E-state index >= 15 is 0 Å². The fourth-order valence-electron chi connectivity index (χ4n) is 1.82. The summed E-state index contributed by atoms with van der Waals surface area (Å²) in [6, 6.07) is 6.11. The molecule has 1 aromatic carbocycles. The van der Waals surface area contributed by atoms with Gasteiger partial charge < -0.3 is 10.1 Å². The number of carbonyl (C=O) groups excluding carboxylic acids is 1. The summed E-state index contributed by atoms with van der Waals surface area (Å²) < 4.78 is 41.3. The van der Waals surface area contributed by atoms with Gasteiger partial charge in [-0.2, -0.15) is 13.2 Å². The van der Waals surface area contributed by atoms with Crippen LogP contribution in [0.1, 0.15) is 5.56 Å². The largest absolute Gasteiger partial charge is 0.484 e. The molecule has 1 unspecified atom stereocenters. The van der Waals surface area contributed by atoms with Crippen molar-refractivity contribution in [2.75, 3.05) is 18.2 Å². The van der Waals surface area contributed by atoms with E-state index in [0.717, 1.165) is 5.88 Å². The quantitative estimate of drug-likeness (QED) is 0.870. The van der Waals surface area contributed by atoms with Crippen molar-refractivity contribution in [3.05, 3.63) is 29.8 Å². The lowest BCUT2D eigenvalue weighted by Gasteiger charge is -2.15. The third-order valence-corrected chi connectivity index (χ3v) is 3.79. The van der Waals surface area contributed by atoms with Crippen molar-refractivity contribution < 1.29 is 22.7 Å². The third-order valence-electron chi connectivity index (χ3n) is 2.85. The van der Waals surface area contributed by atoms with Gasteiger partial charge in [-0.05, 0) is 6.07 Å². The van der Waals surface area contributed by atoms with E-state index in [1.54, 1.807) is 30.0 Å². The monoisotopic (exact) mass is 320 g/mol. The van der Waals surface area contributed by atoms with E-state index in [1.165, 1.54) is 6.07 Å². The number of rotatable bonds is 5. The molecule has 8 heteroatoms. The minimum Gasteiger partial charge on any atom is -0.484 e. The minimum absolute atomic E-state index is 0.129. The lowest BCUT2D eigenvalue weighted by Crippen LogP contribution is -2.41. The topological polar surface area (TPSA) is 50.4 Å². The summed E-state index contributed by atoms with van der Waals surface area (Å²) in [5, 5.41) is 5.73. The first-order chi connectivity index (χ1) is 9.96. The lowest BCUT2D eigenvalue weighted by molar-refractivity contribution is -0.153. The van der Waals surface area contributed by atoms with Crippen LogP contribution in [-0.2, 0) is 11.3 Å². The van der Waals surface area contributed by atoms with E-state index in [-0.39, 0.29) is 24.2 Å². The molecule has 0 spiro atoms. The lowest BCUT2D eigenvalue weighted by atomic mass is 10.2. The van der Waals surface area contributed by atoms with Gasteiger partial charge in [0.2, 0.25) is 5.91 Å². The van der Waals surface area contributed by atoms with Gasteiger partial charge in [-0.3, -0.25) is 10.1 Å². The Bertz CT molecular complexity index is 491. The summed E-state index contributed by atoms with van der Waals surface area (Å²) in [5.74, 6) is 1.39. The van der Waals surface area contributed by atoms with Gasteiger partial charge in [0.1, 0.15) is 5.75 Å². The molecule has 0 bridgehead atoms. The Balaban J connectivity index is 1.91. The van der Waals surface area contributed by atoms with E-state index in [4.69, 9.17) is 4.74 Å². The van der Waals surface area contributed by atoms with E-state index in [2.05, 4.69) is 10.6 Å². The smallest absolute Gasteiger partial charge is 0.422 e. The number of benzene rings is 1. The summed E-state index contributed by atoms with van der Waals surface area (Å²) >= 11 is 1.62. The van der Waals surface area contributed by atoms with Crippen molar-refractivity contribution in [2.24, 2.45) is 0 Å². The van der Waals surface area contributed by atoms with Gasteiger partial charge in [0, 0.05) is 23.7 Å². The van der Waals surface area contributed by atoms with Gasteiger partial charge in [0.25, 0.3) is 0 Å². The molecule has 1 atom stereocenters. The van der Waals surface area contributed by atoms with Crippen LogP contribution in [0.15, 0.2) is 24.3 Å². The first-order valence-corrected chi connectivity index (χ1v) is 7.47. The van der Waals surface area contributed by atoms with Crippen molar-refractivity contribution in [1.82, 2.24) is 10.6 Å². The van der Waals surface area contributed by atoms with Gasteiger partial charge >= 0.3 is 6.18 Å². The van der Waals surface area contributed by atoms with Crippen molar-refractivity contribution in [3.63, 3.8) is 0 Å². The number of carbonyl (C=O) groups is 1. The van der Waals surface area contributed by atoms with E-state index in [0.29, 0.717) is 11.3 Å². The summed E-state index contributed by atoms with van der Waals surface area (Å²) in [6.07, 6.45) is -4.39. The Morgan fingerprint density at radius 1 is 1.43 bits per heavy atom. The van der Waals surface area contributed by atoms with Gasteiger partial charge in [-0.15, -0.1) is 11.8 Å². The second-order valence-corrected chi connectivity index (χ2v) is 5.53. The number of hydrogen-bond donors (Lipinski definition) is 2. The minimum atomic E-state index is -4.39. The molecule has 21 heavy (non-hydrogen) atoms. The highest BCUT2D eigenvalue weighted by Gasteiger charge is 2.29. The fourth-order valence-corrected chi connectivity index (χ4v) is 2.76. The molecule has 1 aliphatic heterocycles. The first kappa shape index (κ1) is 16.0. The molecule has 1 amide bonds. The number of alkyl halides is 3. The summed E-state index contributed by atoms with van der Waals surface area (Å²) in [4.78, 5) is 11.8. The zero-order valence-corrected chi connectivity index (χ0v) is 11.9. The predicted molar refractivity (Wildman–Crippen MR) is 74.1 cm³/mol. The molecule has 116 valence electrons. The average molecular weight is 320 g/mol. The highest BCUT2D eigenvalue weighted by atomic mass is 32.2. The van der Waals surface area contributed by atoms with Crippen molar-refractivity contribution in [1.29, 1.82) is 0 Å². The molecule has 4 nitrogen and oxygen atoms in total. The van der Waals surface area contributed by atoms with Crippen molar-refractivity contribution in [3.8, 4) is 5.75 Å². The van der Waals surface area contributed by atoms with Crippen LogP contribution in [0, 0.1) is 0 Å². The maximum Gasteiger partial charge on any atom is 0.422 e. The van der Waals surface area contributed by atoms with Crippen molar-refractivity contribution >= 4 is 17.7 Å². The molecule has 2 rings (SSSR count). The average Bonchev–Trinajstić information content (AvgIpc) is 2.96. The second-order valence-electron chi connectivity index (χ2n) is 4.50. The Morgan fingerprint density at radius 3 is 2.86 bits per heavy atom. The molecule has 0 aliphatic carbocycles. The first-order valence-electron chi connectivity index (χ1n) is 6.32. The standard InChI is InChI=1S/C13H15F3N2O2S/c14-13(15,16)7-20-11-4-2-1-3-9(11)5-17-12(19)10-6-21-8-18-10/h1-4,10,18H,5-8H2,(H,17,19). The Labute approximate surface area is 124 Å². The van der Waals surface area contributed by atoms with E-state index < -0.39 is 12.8 Å². The number of amides is 1. The molecule has 1 heterocycles. The van der Waals surface area contributed by atoms with Crippen LogP contribution in [0.3, 0.4) is 0 Å². The summed E-state index contributed by atoms with van der Waals surface area (Å²) in [7, 11) is 0. The van der Waals surface area contributed by atoms with Crippen LogP contribution in [-0.4, -0.2) is 36.4 Å². The molecule has 1 fully saturated rings. The maximum absolute atomic E-state index is 12.2. The zero-order valence-electron chi connectivity index (χ0n) is 11.1. The zero-order chi connectivity index (χ0) is 15.3. The maximum atomic E-state index is 12.2. The highest BCUT2D eigenvalue weighted by molar-refractivity contribution is 7.99. The van der Waals surface area contributed by atoms with Crippen LogP contribution >= 0.6 is 11.8 Å². The molecule has 0 saturated carbocycles. The van der Waals surface area contributed by atoms with Crippen LogP contribution in [0.2, 0.25) is 0 Å². The Hall–Kier alpha value is -1.41. The summed E-state index contributed by atoms with van der Waals surface area (Å²) in [6.45, 7) is -1.21.